The number of aromatic nitrogens is 2. The van der Waals surface area contributed by atoms with Crippen molar-refractivity contribution in [1.82, 2.24) is 9.13 Å². The molecule has 0 aliphatic rings. The van der Waals surface area contributed by atoms with Gasteiger partial charge >= 0.3 is 11.1 Å². The van der Waals surface area contributed by atoms with Gasteiger partial charge in [0, 0.05) is 18.7 Å². The lowest BCUT2D eigenvalue weighted by atomic mass is 10.2. The highest BCUT2D eigenvalue weighted by Crippen LogP contribution is 2.32. The molecule has 0 unspecified atom stereocenters. The number of rotatable bonds is 8. The number of halogens is 1. The number of hydrogen-bond acceptors (Lipinski definition) is 6. The van der Waals surface area contributed by atoms with Crippen molar-refractivity contribution >= 4 is 32.5 Å². The lowest BCUT2D eigenvalue weighted by molar-refractivity contribution is 0.102. The highest BCUT2D eigenvalue weighted by atomic mass is 32.2. The molecule has 0 saturated heterocycles. The maximum atomic E-state index is 13.7. The minimum atomic E-state index is -4.29. The fourth-order valence-electron chi connectivity index (χ4n) is 4.19. The largest absolute Gasteiger partial charge is 0.494 e. The van der Waals surface area contributed by atoms with Crippen LogP contribution in [-0.2, 0) is 22.9 Å². The fraction of sp³-hybridized carbons (Fsp3) is 0.222. The highest BCUT2D eigenvalue weighted by molar-refractivity contribution is 7.91. The number of carbonyl (C=O) groups is 1. The predicted octanol–water partition coefficient (Wildman–Crippen LogP) is 3.83. The van der Waals surface area contributed by atoms with E-state index in [9.17, 15) is 27.2 Å². The van der Waals surface area contributed by atoms with Crippen LogP contribution in [-0.4, -0.2) is 30.1 Å². The Bertz CT molecular complexity index is 1740. The summed E-state index contributed by atoms with van der Waals surface area (Å²) < 4.78 is 48.8. The van der Waals surface area contributed by atoms with Crippen LogP contribution in [0, 0.1) is 5.82 Å². The summed E-state index contributed by atoms with van der Waals surface area (Å²) in [6, 6.07) is 13.2. The minimum Gasteiger partial charge on any atom is -0.494 e. The molecule has 0 aliphatic carbocycles. The first-order valence-corrected chi connectivity index (χ1v) is 13.5. The predicted molar refractivity (Wildman–Crippen MR) is 141 cm³/mol. The van der Waals surface area contributed by atoms with Crippen molar-refractivity contribution in [3.8, 4) is 5.75 Å². The molecule has 1 N–H and O–H groups in total. The van der Waals surface area contributed by atoms with Gasteiger partial charge in [-0.3, -0.25) is 14.4 Å². The molecule has 11 heteroatoms. The van der Waals surface area contributed by atoms with Crippen molar-refractivity contribution in [3.63, 3.8) is 0 Å². The molecule has 3 aromatic carbocycles. The third kappa shape index (κ3) is 4.84. The SMILES string of the molecule is CCOc1ccc(C(=O)Nc2cc3c(cc2S(=O)(=O)c2ccc(F)cc2)n(CC)c(=O)c(=O)n3CC)cc1. The van der Waals surface area contributed by atoms with Gasteiger partial charge in [0.05, 0.1) is 33.1 Å². The minimum absolute atomic E-state index is 0.0939. The third-order valence-corrected chi connectivity index (χ3v) is 7.86. The van der Waals surface area contributed by atoms with Gasteiger partial charge in [0.25, 0.3) is 5.91 Å². The van der Waals surface area contributed by atoms with Crippen LogP contribution in [0.1, 0.15) is 31.1 Å². The van der Waals surface area contributed by atoms with Crippen molar-refractivity contribution in [2.45, 2.75) is 43.7 Å². The number of aryl methyl sites for hydroxylation is 2. The topological polar surface area (TPSA) is 116 Å². The van der Waals surface area contributed by atoms with Gasteiger partial charge in [-0.2, -0.15) is 0 Å². The van der Waals surface area contributed by atoms with Crippen molar-refractivity contribution in [2.24, 2.45) is 0 Å². The van der Waals surface area contributed by atoms with Crippen LogP contribution < -0.4 is 21.2 Å². The Hall–Kier alpha value is -4.25. The molecule has 1 aromatic heterocycles. The van der Waals surface area contributed by atoms with E-state index in [0.717, 1.165) is 24.3 Å². The number of hydrogen-bond donors (Lipinski definition) is 1. The van der Waals surface area contributed by atoms with Gasteiger partial charge in [0.1, 0.15) is 11.6 Å². The zero-order chi connectivity index (χ0) is 27.6. The molecular formula is C27H26FN3O6S. The molecule has 1 heterocycles. The number of nitrogens with one attached hydrogen (secondary N) is 1. The zero-order valence-corrected chi connectivity index (χ0v) is 21.8. The molecule has 0 bridgehead atoms. The molecule has 0 fully saturated rings. The average Bonchev–Trinajstić information content (AvgIpc) is 2.90. The number of sulfone groups is 1. The van der Waals surface area contributed by atoms with Gasteiger partial charge < -0.3 is 19.2 Å². The molecule has 9 nitrogen and oxygen atoms in total. The maximum Gasteiger partial charge on any atom is 0.316 e. The lowest BCUT2D eigenvalue weighted by Crippen LogP contribution is -2.41. The normalized spacial score (nSPS) is 11.5. The molecule has 0 spiro atoms. The van der Waals surface area contributed by atoms with Gasteiger partial charge in [-0.15, -0.1) is 0 Å². The van der Waals surface area contributed by atoms with Crippen LogP contribution in [0.2, 0.25) is 0 Å². The van der Waals surface area contributed by atoms with Crippen LogP contribution in [0.3, 0.4) is 0 Å². The van der Waals surface area contributed by atoms with Gasteiger partial charge in [-0.25, -0.2) is 12.8 Å². The maximum absolute atomic E-state index is 13.7. The number of nitrogens with zero attached hydrogens (tertiary/aromatic N) is 2. The Balaban J connectivity index is 1.97. The molecule has 0 atom stereocenters. The first-order valence-electron chi connectivity index (χ1n) is 12.0. The van der Waals surface area contributed by atoms with Crippen LogP contribution in [0.4, 0.5) is 10.1 Å². The molecule has 4 aromatic rings. The van der Waals surface area contributed by atoms with E-state index in [1.165, 1.54) is 33.4 Å². The smallest absolute Gasteiger partial charge is 0.316 e. The van der Waals surface area contributed by atoms with Crippen molar-refractivity contribution < 1.29 is 22.3 Å². The first kappa shape index (κ1) is 26.8. The third-order valence-electron chi connectivity index (χ3n) is 6.05. The van der Waals surface area contributed by atoms with Gasteiger partial charge in [-0.1, -0.05) is 0 Å². The number of ether oxygens (including phenoxy) is 1. The summed E-state index contributed by atoms with van der Waals surface area (Å²) in [5, 5.41) is 2.64. The number of amides is 1. The highest BCUT2D eigenvalue weighted by Gasteiger charge is 2.26. The summed E-state index contributed by atoms with van der Waals surface area (Å²) in [7, 11) is -4.29. The summed E-state index contributed by atoms with van der Waals surface area (Å²) in [5.74, 6) is -0.644. The number of carbonyl (C=O) groups excluding carboxylic acids is 1. The van der Waals surface area contributed by atoms with Crippen LogP contribution in [0.5, 0.6) is 5.75 Å². The molecule has 198 valence electrons. The van der Waals surface area contributed by atoms with Gasteiger partial charge in [-0.05, 0) is 81.4 Å². The van der Waals surface area contributed by atoms with E-state index in [2.05, 4.69) is 5.32 Å². The number of fused-ring (bicyclic) bond motifs is 1. The van der Waals surface area contributed by atoms with Gasteiger partial charge in [0.15, 0.2) is 0 Å². The summed E-state index contributed by atoms with van der Waals surface area (Å²) in [6.45, 7) is 5.88. The van der Waals surface area contributed by atoms with E-state index in [1.807, 2.05) is 6.92 Å². The second-order valence-corrected chi connectivity index (χ2v) is 10.2. The standard InChI is InChI=1S/C27H26FN3O6S/c1-4-30-22-15-21(29-25(32)17-7-11-19(12-8-17)37-6-3)24(16-23(22)31(5-2)27(34)26(30)33)38(35,36)20-13-9-18(28)10-14-20/h7-16H,4-6H2,1-3H3,(H,29,32). The Morgan fingerprint density at radius 1 is 0.868 bits per heavy atom. The quantitative estimate of drug-likeness (QED) is 0.269. The molecular weight excluding hydrogens is 513 g/mol. The van der Waals surface area contributed by atoms with E-state index < -0.39 is 32.7 Å². The van der Waals surface area contributed by atoms with E-state index in [4.69, 9.17) is 4.74 Å². The van der Waals surface area contributed by atoms with E-state index in [0.29, 0.717) is 12.4 Å². The number of anilines is 1. The summed E-state index contributed by atoms with van der Waals surface area (Å²) in [6.07, 6.45) is 0. The second-order valence-electron chi connectivity index (χ2n) is 8.30. The summed E-state index contributed by atoms with van der Waals surface area (Å²) >= 11 is 0. The average molecular weight is 540 g/mol. The first-order chi connectivity index (χ1) is 18.1. The molecule has 0 radical (unpaired) electrons. The molecule has 4 rings (SSSR count). The molecule has 1 amide bonds. The van der Waals surface area contributed by atoms with Crippen molar-refractivity contribution in [3.05, 3.63) is 92.8 Å². The zero-order valence-electron chi connectivity index (χ0n) is 21.0. The van der Waals surface area contributed by atoms with Crippen LogP contribution in [0.15, 0.2) is 80.0 Å². The monoisotopic (exact) mass is 539 g/mol. The van der Waals surface area contributed by atoms with E-state index in [1.54, 1.807) is 26.0 Å². The Kier molecular flexibility index (Phi) is 7.49. The fourth-order valence-corrected chi connectivity index (χ4v) is 5.61. The summed E-state index contributed by atoms with van der Waals surface area (Å²) in [5.41, 5.74) is -0.927. The van der Waals surface area contributed by atoms with Gasteiger partial charge in [0.2, 0.25) is 9.84 Å². The van der Waals surface area contributed by atoms with Crippen molar-refractivity contribution in [1.29, 1.82) is 0 Å². The Labute approximate surface area is 218 Å². The van der Waals surface area contributed by atoms with Crippen LogP contribution >= 0.6 is 0 Å². The van der Waals surface area contributed by atoms with Crippen molar-refractivity contribution in [2.75, 3.05) is 11.9 Å². The van der Waals surface area contributed by atoms with E-state index >= 15 is 0 Å². The molecule has 38 heavy (non-hydrogen) atoms. The lowest BCUT2D eigenvalue weighted by Gasteiger charge is -2.18. The Morgan fingerprint density at radius 2 is 1.42 bits per heavy atom. The van der Waals surface area contributed by atoms with E-state index in [-0.39, 0.29) is 45.2 Å². The Morgan fingerprint density at radius 3 is 1.95 bits per heavy atom. The molecule has 0 saturated carbocycles. The second kappa shape index (κ2) is 10.6. The number of benzene rings is 3. The summed E-state index contributed by atoms with van der Waals surface area (Å²) in [4.78, 5) is 38.1. The molecule has 0 aliphatic heterocycles. The van der Waals surface area contributed by atoms with Crippen LogP contribution in [0.25, 0.3) is 11.0 Å².